The molecule has 0 aromatic carbocycles. The lowest BCUT2D eigenvalue weighted by molar-refractivity contribution is 0.0482. The molecule has 2 N–H and O–H groups in total. The molecule has 0 aliphatic heterocycles. The van der Waals surface area contributed by atoms with E-state index in [0.29, 0.717) is 13.0 Å². The standard InChI is InChI=1S/C24H33N3O5S3/c1-14-17(11-15(13-28)25-21(29)31-23(2,3)4)34-19-18(14)26-35-20(19)27(12-16-9-8-10-33-16)22(30)32-24(5,6)7/h8-10,15,28H,11-13H2,1-7H3,(H,25,29). The van der Waals surface area contributed by atoms with Gasteiger partial charge in [0.2, 0.25) is 0 Å². The molecule has 0 saturated heterocycles. The number of carbonyl (C=O) groups is 2. The number of hydrogen-bond acceptors (Lipinski definition) is 9. The molecule has 0 aliphatic rings. The van der Waals surface area contributed by atoms with E-state index in [1.807, 2.05) is 45.2 Å². The van der Waals surface area contributed by atoms with E-state index >= 15 is 0 Å². The van der Waals surface area contributed by atoms with Crippen LogP contribution in [0.4, 0.5) is 14.6 Å². The van der Waals surface area contributed by atoms with Gasteiger partial charge in [-0.2, -0.15) is 4.37 Å². The van der Waals surface area contributed by atoms with E-state index in [-0.39, 0.29) is 6.61 Å². The molecule has 3 rings (SSSR count). The fourth-order valence-corrected chi connectivity index (χ4v) is 6.34. The Kier molecular flexibility index (Phi) is 8.46. The molecule has 2 amide bonds. The highest BCUT2D eigenvalue weighted by atomic mass is 32.1. The molecule has 0 bridgehead atoms. The molecule has 0 fully saturated rings. The fraction of sp³-hybridized carbons (Fsp3) is 0.542. The minimum absolute atomic E-state index is 0.230. The number of amides is 2. The summed E-state index contributed by atoms with van der Waals surface area (Å²) in [6.45, 7) is 13.0. The first-order valence-electron chi connectivity index (χ1n) is 11.3. The second-order valence-electron chi connectivity index (χ2n) is 10.2. The van der Waals surface area contributed by atoms with Crippen molar-refractivity contribution >= 4 is 61.6 Å². The molecule has 1 unspecified atom stereocenters. The third-order valence-electron chi connectivity index (χ3n) is 4.76. The van der Waals surface area contributed by atoms with Gasteiger partial charge in [-0.25, -0.2) is 9.59 Å². The number of aryl methyl sites for hydroxylation is 1. The third-order valence-corrected chi connectivity index (χ3v) is 7.93. The zero-order valence-electron chi connectivity index (χ0n) is 21.1. The van der Waals surface area contributed by atoms with E-state index in [2.05, 4.69) is 9.69 Å². The molecule has 8 nitrogen and oxygen atoms in total. The predicted molar refractivity (Wildman–Crippen MR) is 143 cm³/mol. The van der Waals surface area contributed by atoms with Gasteiger partial charge in [-0.1, -0.05) is 6.07 Å². The van der Waals surface area contributed by atoms with E-state index in [0.717, 1.165) is 30.5 Å². The van der Waals surface area contributed by atoms with E-state index < -0.39 is 29.4 Å². The van der Waals surface area contributed by atoms with Crippen LogP contribution in [0.1, 0.15) is 56.9 Å². The van der Waals surface area contributed by atoms with E-state index in [1.54, 1.807) is 37.0 Å². The van der Waals surface area contributed by atoms with Crippen molar-refractivity contribution in [3.63, 3.8) is 0 Å². The first-order valence-corrected chi connectivity index (χ1v) is 13.7. The SMILES string of the molecule is Cc1c(CC(CO)NC(=O)OC(C)(C)C)sc2c(N(Cc3cccs3)C(=O)OC(C)(C)C)snc12. The Bertz CT molecular complexity index is 1160. The van der Waals surface area contributed by atoms with Crippen molar-refractivity contribution in [2.24, 2.45) is 0 Å². The molecule has 192 valence electrons. The molecular weight excluding hydrogens is 506 g/mol. The number of nitrogens with zero attached hydrogens (tertiary/aromatic N) is 2. The number of thiophene rings is 2. The van der Waals surface area contributed by atoms with Gasteiger partial charge < -0.3 is 19.9 Å². The summed E-state index contributed by atoms with van der Waals surface area (Å²) in [5, 5.41) is 15.3. The van der Waals surface area contributed by atoms with Gasteiger partial charge in [-0.3, -0.25) is 4.90 Å². The number of carbonyl (C=O) groups excluding carboxylic acids is 2. The quantitative estimate of drug-likeness (QED) is 0.376. The lowest BCUT2D eigenvalue weighted by Gasteiger charge is -2.26. The maximum atomic E-state index is 13.2. The number of hydrogen-bond donors (Lipinski definition) is 2. The van der Waals surface area contributed by atoms with Gasteiger partial charge >= 0.3 is 12.2 Å². The zero-order valence-corrected chi connectivity index (χ0v) is 23.6. The Morgan fingerprint density at radius 1 is 1.17 bits per heavy atom. The van der Waals surface area contributed by atoms with Gasteiger partial charge in [-0.15, -0.1) is 22.7 Å². The summed E-state index contributed by atoms with van der Waals surface area (Å²) in [6, 6.07) is 3.43. The molecule has 3 aromatic heterocycles. The van der Waals surface area contributed by atoms with E-state index in [4.69, 9.17) is 9.47 Å². The van der Waals surface area contributed by atoms with Crippen LogP contribution < -0.4 is 10.2 Å². The normalized spacial score (nSPS) is 13.0. The third kappa shape index (κ3) is 7.39. The van der Waals surface area contributed by atoms with Crippen LogP contribution in [0.2, 0.25) is 0 Å². The lowest BCUT2D eigenvalue weighted by Crippen LogP contribution is -2.42. The first-order chi connectivity index (χ1) is 16.3. The van der Waals surface area contributed by atoms with Crippen LogP contribution in [0.15, 0.2) is 17.5 Å². The number of ether oxygens (including phenoxy) is 2. The second kappa shape index (κ2) is 10.8. The van der Waals surface area contributed by atoms with Gasteiger partial charge in [0.05, 0.1) is 23.9 Å². The Morgan fingerprint density at radius 2 is 1.86 bits per heavy atom. The number of aliphatic hydroxyl groups is 1. The van der Waals surface area contributed by atoms with E-state index in [9.17, 15) is 14.7 Å². The maximum Gasteiger partial charge on any atom is 0.415 e. The number of aliphatic hydroxyl groups excluding tert-OH is 1. The molecule has 0 spiro atoms. The number of aromatic nitrogens is 1. The van der Waals surface area contributed by atoms with Crippen molar-refractivity contribution in [3.8, 4) is 0 Å². The van der Waals surface area contributed by atoms with Crippen LogP contribution in [0.5, 0.6) is 0 Å². The topological polar surface area (TPSA) is 101 Å². The van der Waals surface area contributed by atoms with Crippen molar-refractivity contribution in [2.75, 3.05) is 11.5 Å². The van der Waals surface area contributed by atoms with Gasteiger partial charge in [-0.05, 0) is 77.0 Å². The van der Waals surface area contributed by atoms with Crippen molar-refractivity contribution < 1.29 is 24.2 Å². The van der Waals surface area contributed by atoms with Gasteiger partial charge in [0, 0.05) is 16.2 Å². The van der Waals surface area contributed by atoms with Crippen molar-refractivity contribution in [3.05, 3.63) is 32.8 Å². The zero-order chi connectivity index (χ0) is 26.0. The molecular formula is C24H33N3O5S3. The fourth-order valence-electron chi connectivity index (χ4n) is 3.26. The minimum atomic E-state index is -0.632. The highest BCUT2D eigenvalue weighted by Gasteiger charge is 2.29. The molecule has 1 atom stereocenters. The maximum absolute atomic E-state index is 13.2. The van der Waals surface area contributed by atoms with Crippen molar-refractivity contribution in [1.82, 2.24) is 9.69 Å². The predicted octanol–water partition coefficient (Wildman–Crippen LogP) is 6.10. The van der Waals surface area contributed by atoms with Gasteiger partial charge in [0.25, 0.3) is 0 Å². The second-order valence-corrected chi connectivity index (χ2v) is 13.1. The van der Waals surface area contributed by atoms with Crippen LogP contribution in [0.25, 0.3) is 10.2 Å². The van der Waals surface area contributed by atoms with Crippen LogP contribution in [0.3, 0.4) is 0 Å². The summed E-state index contributed by atoms with van der Waals surface area (Å²) in [6.07, 6.45) is -0.578. The Balaban J connectivity index is 1.89. The summed E-state index contributed by atoms with van der Waals surface area (Å²) in [7, 11) is 0. The van der Waals surface area contributed by atoms with E-state index in [1.165, 1.54) is 22.9 Å². The molecule has 0 saturated carbocycles. The number of fused-ring (bicyclic) bond motifs is 1. The van der Waals surface area contributed by atoms with Gasteiger partial charge in [0.1, 0.15) is 21.7 Å². The number of alkyl carbamates (subject to hydrolysis) is 1. The molecule has 3 heterocycles. The Hall–Kier alpha value is -2.21. The smallest absolute Gasteiger partial charge is 0.415 e. The Morgan fingerprint density at radius 3 is 2.43 bits per heavy atom. The number of anilines is 1. The van der Waals surface area contributed by atoms with Gasteiger partial charge in [0.15, 0.2) is 0 Å². The minimum Gasteiger partial charge on any atom is -0.444 e. The van der Waals surface area contributed by atoms with Crippen LogP contribution >= 0.6 is 34.2 Å². The molecule has 11 heteroatoms. The molecule has 0 aliphatic carbocycles. The monoisotopic (exact) mass is 539 g/mol. The van der Waals surface area contributed by atoms with Crippen LogP contribution in [-0.4, -0.2) is 45.5 Å². The number of rotatable bonds is 7. The average Bonchev–Trinajstić information content (AvgIpc) is 3.42. The summed E-state index contributed by atoms with van der Waals surface area (Å²) in [5.41, 5.74) is 0.528. The lowest BCUT2D eigenvalue weighted by atomic mass is 10.1. The largest absolute Gasteiger partial charge is 0.444 e. The highest BCUT2D eigenvalue weighted by Crippen LogP contribution is 2.42. The summed E-state index contributed by atoms with van der Waals surface area (Å²) < 4.78 is 16.6. The first kappa shape index (κ1) is 27.4. The molecule has 3 aromatic rings. The number of nitrogens with one attached hydrogen (secondary N) is 1. The average molecular weight is 540 g/mol. The van der Waals surface area contributed by atoms with Crippen molar-refractivity contribution in [2.45, 2.75) is 78.7 Å². The van der Waals surface area contributed by atoms with Crippen LogP contribution in [-0.2, 0) is 22.4 Å². The Labute approximate surface area is 218 Å². The molecule has 0 radical (unpaired) electrons. The summed E-state index contributed by atoms with van der Waals surface area (Å²) in [4.78, 5) is 29.0. The van der Waals surface area contributed by atoms with Crippen LogP contribution in [0, 0.1) is 6.92 Å². The molecule has 35 heavy (non-hydrogen) atoms. The summed E-state index contributed by atoms with van der Waals surface area (Å²) >= 11 is 4.36. The van der Waals surface area contributed by atoms with Crippen molar-refractivity contribution in [1.29, 1.82) is 0 Å². The highest BCUT2D eigenvalue weighted by molar-refractivity contribution is 7.25. The summed E-state index contributed by atoms with van der Waals surface area (Å²) in [5.74, 6) is 0.